The fourth-order valence-corrected chi connectivity index (χ4v) is 4.62. The van der Waals surface area contributed by atoms with Gasteiger partial charge in [0.2, 0.25) is 0 Å². The molecular weight excluding hydrogens is 382 g/mol. The van der Waals surface area contributed by atoms with E-state index >= 15 is 0 Å². The number of aromatic nitrogens is 4. The van der Waals surface area contributed by atoms with Crippen LogP contribution in [0.15, 0.2) is 79.3 Å². The molecule has 5 heteroatoms. The first-order chi connectivity index (χ1) is 15.4. The summed E-state index contributed by atoms with van der Waals surface area (Å²) in [6.07, 6.45) is 7.81. The molecule has 3 aromatic heterocycles. The van der Waals surface area contributed by atoms with Crippen molar-refractivity contribution in [1.82, 2.24) is 24.8 Å². The van der Waals surface area contributed by atoms with Crippen molar-refractivity contribution in [3.05, 3.63) is 79.3 Å². The number of rotatable bonds is 3. The second-order valence-electron chi connectivity index (χ2n) is 8.15. The van der Waals surface area contributed by atoms with Crippen molar-refractivity contribution in [3.8, 4) is 22.5 Å². The molecule has 5 nitrogen and oxygen atoms in total. The monoisotopic (exact) mass is 405 g/mol. The third-order valence-corrected chi connectivity index (χ3v) is 6.23. The van der Waals surface area contributed by atoms with E-state index in [0.29, 0.717) is 6.04 Å². The molecule has 152 valence electrons. The summed E-state index contributed by atoms with van der Waals surface area (Å²) >= 11 is 0. The highest BCUT2D eigenvalue weighted by Gasteiger charge is 2.23. The maximum atomic E-state index is 5.06. The smallest absolute Gasteiger partial charge is 0.160 e. The summed E-state index contributed by atoms with van der Waals surface area (Å²) in [6.45, 7) is 2.05. The first-order valence-electron chi connectivity index (χ1n) is 10.8. The van der Waals surface area contributed by atoms with Crippen LogP contribution in [0.25, 0.3) is 44.5 Å². The molecule has 1 aliphatic heterocycles. The molecule has 1 fully saturated rings. The summed E-state index contributed by atoms with van der Waals surface area (Å²) in [5.74, 6) is 0.979. The zero-order valence-electron chi connectivity index (χ0n) is 17.2. The van der Waals surface area contributed by atoms with Gasteiger partial charge in [-0.2, -0.15) is 0 Å². The zero-order chi connectivity index (χ0) is 20.6. The van der Waals surface area contributed by atoms with Crippen molar-refractivity contribution in [2.75, 3.05) is 13.1 Å². The van der Waals surface area contributed by atoms with Crippen LogP contribution in [0.1, 0.15) is 18.9 Å². The summed E-state index contributed by atoms with van der Waals surface area (Å²) in [5.41, 5.74) is 5.24. The second-order valence-corrected chi connectivity index (χ2v) is 8.15. The molecule has 0 atom stereocenters. The molecule has 0 unspecified atom stereocenters. The molecule has 0 bridgehead atoms. The predicted molar refractivity (Wildman–Crippen MR) is 125 cm³/mol. The van der Waals surface area contributed by atoms with Crippen LogP contribution >= 0.6 is 0 Å². The van der Waals surface area contributed by atoms with Gasteiger partial charge >= 0.3 is 0 Å². The Hall–Kier alpha value is -3.57. The number of nitrogens with one attached hydrogen (secondary N) is 1. The van der Waals surface area contributed by atoms with Gasteiger partial charge < -0.3 is 9.88 Å². The van der Waals surface area contributed by atoms with E-state index in [9.17, 15) is 0 Å². The van der Waals surface area contributed by atoms with Crippen LogP contribution in [0.4, 0.5) is 0 Å². The Morgan fingerprint density at radius 2 is 1.61 bits per heavy atom. The molecule has 5 aromatic rings. The molecule has 2 aromatic carbocycles. The molecule has 0 aliphatic carbocycles. The summed E-state index contributed by atoms with van der Waals surface area (Å²) in [4.78, 5) is 14.2. The third kappa shape index (κ3) is 3.27. The number of benzene rings is 2. The molecular formula is C26H23N5. The van der Waals surface area contributed by atoms with Gasteiger partial charge in [0.05, 0.1) is 0 Å². The number of nitrogens with zero attached hydrogens (tertiary/aromatic N) is 4. The van der Waals surface area contributed by atoms with E-state index < -0.39 is 0 Å². The van der Waals surface area contributed by atoms with Crippen LogP contribution < -0.4 is 5.32 Å². The highest BCUT2D eigenvalue weighted by molar-refractivity contribution is 5.89. The molecule has 1 N–H and O–H groups in total. The Bertz CT molecular complexity index is 1370. The van der Waals surface area contributed by atoms with Crippen molar-refractivity contribution in [3.63, 3.8) is 0 Å². The van der Waals surface area contributed by atoms with Crippen LogP contribution in [0.3, 0.4) is 0 Å². The molecule has 1 aliphatic rings. The van der Waals surface area contributed by atoms with Gasteiger partial charge in [0, 0.05) is 35.8 Å². The molecule has 0 spiro atoms. The van der Waals surface area contributed by atoms with Crippen LogP contribution in [0.5, 0.6) is 0 Å². The van der Waals surface area contributed by atoms with E-state index in [1.54, 1.807) is 0 Å². The van der Waals surface area contributed by atoms with Crippen molar-refractivity contribution in [2.45, 2.75) is 18.9 Å². The third-order valence-electron chi connectivity index (χ3n) is 6.23. The van der Waals surface area contributed by atoms with E-state index in [-0.39, 0.29) is 0 Å². The molecule has 0 amide bonds. The Labute approximate surface area is 180 Å². The van der Waals surface area contributed by atoms with Crippen LogP contribution in [0.2, 0.25) is 0 Å². The number of hydrogen-bond acceptors (Lipinski definition) is 4. The maximum Gasteiger partial charge on any atom is 0.160 e. The van der Waals surface area contributed by atoms with Gasteiger partial charge in [0.15, 0.2) is 5.65 Å². The van der Waals surface area contributed by atoms with Gasteiger partial charge in [-0.25, -0.2) is 9.97 Å². The molecule has 0 radical (unpaired) electrons. The number of hydrogen-bond donors (Lipinski definition) is 1. The normalized spacial score (nSPS) is 15.0. The van der Waals surface area contributed by atoms with Crippen molar-refractivity contribution in [2.24, 2.45) is 0 Å². The SMILES string of the molecule is c1ccc2cc(-c3cnc4c(c3)nc(-c3ccncc3)n4C3CCNCC3)ccc2c1. The molecule has 0 saturated carbocycles. The number of piperidine rings is 1. The van der Waals surface area contributed by atoms with Crippen molar-refractivity contribution >= 4 is 21.9 Å². The minimum Gasteiger partial charge on any atom is -0.317 e. The van der Waals surface area contributed by atoms with Gasteiger partial charge in [-0.15, -0.1) is 0 Å². The molecule has 31 heavy (non-hydrogen) atoms. The number of imidazole rings is 1. The quantitative estimate of drug-likeness (QED) is 0.446. The zero-order valence-corrected chi connectivity index (χ0v) is 17.2. The van der Waals surface area contributed by atoms with Crippen molar-refractivity contribution in [1.29, 1.82) is 0 Å². The highest BCUT2D eigenvalue weighted by Crippen LogP contribution is 2.33. The average molecular weight is 406 g/mol. The highest BCUT2D eigenvalue weighted by atomic mass is 15.2. The molecule has 6 rings (SSSR count). The largest absolute Gasteiger partial charge is 0.317 e. The first-order valence-corrected chi connectivity index (χ1v) is 10.8. The van der Waals surface area contributed by atoms with E-state index in [4.69, 9.17) is 9.97 Å². The van der Waals surface area contributed by atoms with E-state index in [1.807, 2.05) is 30.7 Å². The average Bonchev–Trinajstić information content (AvgIpc) is 3.23. The van der Waals surface area contributed by atoms with E-state index in [2.05, 4.69) is 63.4 Å². The maximum absolute atomic E-state index is 5.06. The van der Waals surface area contributed by atoms with Crippen LogP contribution in [-0.2, 0) is 0 Å². The predicted octanol–water partition coefficient (Wildman–Crippen LogP) is 5.24. The summed E-state index contributed by atoms with van der Waals surface area (Å²) < 4.78 is 2.34. The Morgan fingerprint density at radius 1 is 0.806 bits per heavy atom. The lowest BCUT2D eigenvalue weighted by Crippen LogP contribution is -2.29. The van der Waals surface area contributed by atoms with E-state index in [0.717, 1.165) is 59.6 Å². The number of fused-ring (bicyclic) bond motifs is 2. The van der Waals surface area contributed by atoms with Gasteiger partial charge in [-0.1, -0.05) is 36.4 Å². The minimum absolute atomic E-state index is 0.397. The number of pyridine rings is 2. The van der Waals surface area contributed by atoms with Crippen molar-refractivity contribution < 1.29 is 0 Å². The Morgan fingerprint density at radius 3 is 2.45 bits per heavy atom. The van der Waals surface area contributed by atoms with Gasteiger partial charge in [-0.3, -0.25) is 4.98 Å². The lowest BCUT2D eigenvalue weighted by atomic mass is 10.0. The Balaban J connectivity index is 1.51. The topological polar surface area (TPSA) is 55.6 Å². The van der Waals surface area contributed by atoms with Gasteiger partial charge in [0.25, 0.3) is 0 Å². The van der Waals surface area contributed by atoms with Crippen LogP contribution in [-0.4, -0.2) is 32.6 Å². The lowest BCUT2D eigenvalue weighted by Gasteiger charge is -2.25. The lowest BCUT2D eigenvalue weighted by molar-refractivity contribution is 0.376. The van der Waals surface area contributed by atoms with E-state index in [1.165, 1.54) is 10.8 Å². The van der Waals surface area contributed by atoms with Gasteiger partial charge in [-0.05, 0) is 66.5 Å². The van der Waals surface area contributed by atoms with Crippen LogP contribution in [0, 0.1) is 0 Å². The summed E-state index contributed by atoms with van der Waals surface area (Å²) in [5, 5.41) is 5.94. The summed E-state index contributed by atoms with van der Waals surface area (Å²) in [7, 11) is 0. The molecule has 4 heterocycles. The fraction of sp³-hybridized carbons (Fsp3) is 0.192. The first kappa shape index (κ1) is 18.2. The molecule has 1 saturated heterocycles. The Kier molecular flexibility index (Phi) is 4.47. The second kappa shape index (κ2) is 7.60. The summed E-state index contributed by atoms with van der Waals surface area (Å²) in [6, 6.07) is 21.6. The van der Waals surface area contributed by atoms with Gasteiger partial charge in [0.1, 0.15) is 11.3 Å². The fourth-order valence-electron chi connectivity index (χ4n) is 4.62. The standard InChI is InChI=1S/C26H23N5/c1-2-4-20-15-21(6-5-18(20)3-1)22-16-24-26(29-17-22)31(23-9-13-28-14-10-23)25(30-24)19-7-11-27-12-8-19/h1-8,11-12,15-17,23,28H,9-10,13-14H2. The minimum atomic E-state index is 0.397.